The van der Waals surface area contributed by atoms with Crippen molar-refractivity contribution in [2.45, 2.75) is 19.5 Å². The van der Waals surface area contributed by atoms with Gasteiger partial charge in [-0.05, 0) is 52.7 Å². The SMILES string of the molecule is C[C@H](NCc1cnc2ccc(Br)cn12)c1ccncc1. The lowest BCUT2D eigenvalue weighted by molar-refractivity contribution is 0.565. The quantitative estimate of drug-likeness (QED) is 0.797. The molecule has 0 unspecified atom stereocenters. The van der Waals surface area contributed by atoms with Crippen molar-refractivity contribution in [3.63, 3.8) is 0 Å². The van der Waals surface area contributed by atoms with Gasteiger partial charge < -0.3 is 9.72 Å². The van der Waals surface area contributed by atoms with Crippen LogP contribution in [0.1, 0.15) is 24.2 Å². The molecule has 102 valence electrons. The Morgan fingerprint density at radius 1 is 1.25 bits per heavy atom. The maximum Gasteiger partial charge on any atom is 0.136 e. The molecule has 0 aliphatic rings. The lowest BCUT2D eigenvalue weighted by atomic mass is 10.1. The highest BCUT2D eigenvalue weighted by Gasteiger charge is 2.07. The summed E-state index contributed by atoms with van der Waals surface area (Å²) in [6.45, 7) is 2.91. The van der Waals surface area contributed by atoms with Crippen LogP contribution in [0.2, 0.25) is 0 Å². The molecule has 3 rings (SSSR count). The molecule has 0 radical (unpaired) electrons. The third kappa shape index (κ3) is 2.73. The largest absolute Gasteiger partial charge is 0.305 e. The molecule has 0 saturated carbocycles. The average Bonchev–Trinajstić information content (AvgIpc) is 2.88. The van der Waals surface area contributed by atoms with Gasteiger partial charge >= 0.3 is 0 Å². The normalized spacial score (nSPS) is 12.7. The molecule has 3 aromatic rings. The van der Waals surface area contributed by atoms with E-state index in [1.807, 2.05) is 49.1 Å². The fourth-order valence-electron chi connectivity index (χ4n) is 2.16. The summed E-state index contributed by atoms with van der Waals surface area (Å²) in [5.74, 6) is 0. The van der Waals surface area contributed by atoms with Gasteiger partial charge in [-0.2, -0.15) is 0 Å². The predicted octanol–water partition coefficient (Wildman–Crippen LogP) is 3.34. The second kappa shape index (κ2) is 5.73. The number of rotatable bonds is 4. The number of pyridine rings is 2. The van der Waals surface area contributed by atoms with Gasteiger partial charge in [-0.25, -0.2) is 4.98 Å². The highest BCUT2D eigenvalue weighted by Crippen LogP contribution is 2.15. The number of hydrogen-bond donors (Lipinski definition) is 1. The van der Waals surface area contributed by atoms with E-state index in [9.17, 15) is 0 Å². The van der Waals surface area contributed by atoms with Gasteiger partial charge in [0.1, 0.15) is 5.65 Å². The molecule has 0 aliphatic carbocycles. The molecule has 20 heavy (non-hydrogen) atoms. The number of fused-ring (bicyclic) bond motifs is 1. The van der Waals surface area contributed by atoms with Crippen molar-refractivity contribution >= 4 is 21.6 Å². The fraction of sp³-hybridized carbons (Fsp3) is 0.200. The fourth-order valence-corrected chi connectivity index (χ4v) is 2.50. The van der Waals surface area contributed by atoms with E-state index in [-0.39, 0.29) is 6.04 Å². The summed E-state index contributed by atoms with van der Waals surface area (Å²) < 4.78 is 3.14. The van der Waals surface area contributed by atoms with Gasteiger partial charge in [-0.3, -0.25) is 4.98 Å². The zero-order chi connectivity index (χ0) is 13.9. The molecule has 0 spiro atoms. The summed E-state index contributed by atoms with van der Waals surface area (Å²) in [5, 5.41) is 3.51. The van der Waals surface area contributed by atoms with Crippen LogP contribution in [0, 0.1) is 0 Å². The monoisotopic (exact) mass is 330 g/mol. The Balaban J connectivity index is 1.75. The number of nitrogens with one attached hydrogen (secondary N) is 1. The Kier molecular flexibility index (Phi) is 3.80. The van der Waals surface area contributed by atoms with Gasteiger partial charge in [0.05, 0.1) is 11.9 Å². The van der Waals surface area contributed by atoms with Crippen molar-refractivity contribution in [1.82, 2.24) is 19.7 Å². The minimum absolute atomic E-state index is 0.274. The molecule has 0 amide bonds. The standard InChI is InChI=1S/C15H15BrN4/c1-11(12-4-6-17-7-5-12)18-8-14-9-19-15-3-2-13(16)10-20(14)15/h2-7,9-11,18H,8H2,1H3/t11-/m0/s1. The van der Waals surface area contributed by atoms with Crippen molar-refractivity contribution in [1.29, 1.82) is 0 Å². The topological polar surface area (TPSA) is 42.2 Å². The van der Waals surface area contributed by atoms with Crippen molar-refractivity contribution in [2.75, 3.05) is 0 Å². The molecule has 0 bridgehead atoms. The van der Waals surface area contributed by atoms with E-state index < -0.39 is 0 Å². The first kappa shape index (κ1) is 13.3. The minimum atomic E-state index is 0.274. The minimum Gasteiger partial charge on any atom is -0.305 e. The van der Waals surface area contributed by atoms with Crippen LogP contribution < -0.4 is 5.32 Å². The van der Waals surface area contributed by atoms with Crippen molar-refractivity contribution in [3.05, 3.63) is 64.8 Å². The second-order valence-electron chi connectivity index (χ2n) is 4.71. The van der Waals surface area contributed by atoms with Gasteiger partial charge in [0.15, 0.2) is 0 Å². The summed E-state index contributed by atoms with van der Waals surface area (Å²) in [7, 11) is 0. The highest BCUT2D eigenvalue weighted by molar-refractivity contribution is 9.10. The van der Waals surface area contributed by atoms with Crippen molar-refractivity contribution in [3.8, 4) is 0 Å². The van der Waals surface area contributed by atoms with Gasteiger partial charge in [-0.15, -0.1) is 0 Å². The van der Waals surface area contributed by atoms with Crippen LogP contribution in [0.15, 0.2) is 53.5 Å². The molecule has 3 heterocycles. The van der Waals surface area contributed by atoms with E-state index in [4.69, 9.17) is 0 Å². The number of imidazole rings is 1. The van der Waals surface area contributed by atoms with Crippen LogP contribution in [-0.2, 0) is 6.54 Å². The molecule has 4 nitrogen and oxygen atoms in total. The molecular formula is C15H15BrN4. The molecular weight excluding hydrogens is 316 g/mol. The first-order valence-electron chi connectivity index (χ1n) is 6.49. The van der Waals surface area contributed by atoms with Crippen LogP contribution in [-0.4, -0.2) is 14.4 Å². The molecule has 3 aromatic heterocycles. The van der Waals surface area contributed by atoms with Crippen LogP contribution in [0.3, 0.4) is 0 Å². The maximum atomic E-state index is 4.40. The van der Waals surface area contributed by atoms with Gasteiger partial charge in [0, 0.05) is 35.6 Å². The lowest BCUT2D eigenvalue weighted by Gasteiger charge is -2.13. The van der Waals surface area contributed by atoms with Crippen LogP contribution in [0.5, 0.6) is 0 Å². The van der Waals surface area contributed by atoms with E-state index in [1.54, 1.807) is 0 Å². The first-order valence-corrected chi connectivity index (χ1v) is 7.28. The number of nitrogens with zero attached hydrogens (tertiary/aromatic N) is 3. The summed E-state index contributed by atoms with van der Waals surface area (Å²) >= 11 is 3.49. The molecule has 0 aliphatic heterocycles. The molecule has 5 heteroatoms. The molecule has 0 fully saturated rings. The molecule has 1 N–H and O–H groups in total. The van der Waals surface area contributed by atoms with Crippen LogP contribution in [0.25, 0.3) is 5.65 Å². The summed E-state index contributed by atoms with van der Waals surface area (Å²) in [6.07, 6.45) is 7.59. The van der Waals surface area contributed by atoms with E-state index >= 15 is 0 Å². The van der Waals surface area contributed by atoms with E-state index in [0.29, 0.717) is 0 Å². The van der Waals surface area contributed by atoms with Crippen LogP contribution >= 0.6 is 15.9 Å². The highest BCUT2D eigenvalue weighted by atomic mass is 79.9. The number of halogens is 1. The molecule has 1 atom stereocenters. The number of aromatic nitrogens is 3. The third-order valence-corrected chi connectivity index (χ3v) is 3.81. The average molecular weight is 331 g/mol. The van der Waals surface area contributed by atoms with E-state index in [0.717, 1.165) is 22.4 Å². The number of hydrogen-bond acceptors (Lipinski definition) is 3. The van der Waals surface area contributed by atoms with Crippen LogP contribution in [0.4, 0.5) is 0 Å². The Labute approximate surface area is 126 Å². The third-order valence-electron chi connectivity index (χ3n) is 3.34. The summed E-state index contributed by atoms with van der Waals surface area (Å²) in [5.41, 5.74) is 3.33. The Morgan fingerprint density at radius 3 is 2.85 bits per heavy atom. The zero-order valence-corrected chi connectivity index (χ0v) is 12.7. The zero-order valence-electron chi connectivity index (χ0n) is 11.1. The van der Waals surface area contributed by atoms with Gasteiger partial charge in [-0.1, -0.05) is 0 Å². The smallest absolute Gasteiger partial charge is 0.136 e. The Bertz CT molecular complexity index is 708. The van der Waals surface area contributed by atoms with E-state index in [2.05, 4.69) is 42.5 Å². The molecule has 0 aromatic carbocycles. The summed E-state index contributed by atoms with van der Waals surface area (Å²) in [4.78, 5) is 8.44. The van der Waals surface area contributed by atoms with Gasteiger partial charge in [0.2, 0.25) is 0 Å². The lowest BCUT2D eigenvalue weighted by Crippen LogP contribution is -2.19. The first-order chi connectivity index (χ1) is 9.74. The predicted molar refractivity (Wildman–Crippen MR) is 82.4 cm³/mol. The van der Waals surface area contributed by atoms with Crippen molar-refractivity contribution in [2.24, 2.45) is 0 Å². The molecule has 0 saturated heterocycles. The summed E-state index contributed by atoms with van der Waals surface area (Å²) in [6, 6.07) is 8.33. The van der Waals surface area contributed by atoms with E-state index in [1.165, 1.54) is 5.56 Å². The van der Waals surface area contributed by atoms with Gasteiger partial charge in [0.25, 0.3) is 0 Å². The second-order valence-corrected chi connectivity index (χ2v) is 5.62. The Morgan fingerprint density at radius 2 is 2.05 bits per heavy atom. The Hall–Kier alpha value is -1.72. The maximum absolute atomic E-state index is 4.40. The van der Waals surface area contributed by atoms with Crippen molar-refractivity contribution < 1.29 is 0 Å².